The fourth-order valence-electron chi connectivity index (χ4n) is 0.730. The summed E-state index contributed by atoms with van der Waals surface area (Å²) in [5.41, 5.74) is 0.0868. The number of rotatable bonds is 3. The van der Waals surface area contributed by atoms with Crippen LogP contribution in [0.2, 0.25) is 0 Å². The Morgan fingerprint density at radius 3 is 3.15 bits per heavy atom. The summed E-state index contributed by atoms with van der Waals surface area (Å²) in [5, 5.41) is 16.9. The number of nitrogens with zero attached hydrogens (tertiary/aromatic N) is 2. The summed E-state index contributed by atoms with van der Waals surface area (Å²) >= 11 is 0. The zero-order valence-corrected chi connectivity index (χ0v) is 6.60. The van der Waals surface area contributed by atoms with Gasteiger partial charge in [0.25, 0.3) is 0 Å². The molecule has 1 rings (SSSR count). The predicted molar refractivity (Wildman–Crippen MR) is 42.1 cm³/mol. The first-order chi connectivity index (χ1) is 6.24. The van der Waals surface area contributed by atoms with Crippen LogP contribution in [0.3, 0.4) is 0 Å². The van der Waals surface area contributed by atoms with Crippen LogP contribution in [0.25, 0.3) is 0 Å². The van der Waals surface area contributed by atoms with Crippen LogP contribution in [0.4, 0.5) is 0 Å². The highest BCUT2D eigenvalue weighted by atomic mass is 16.5. The molecule has 0 aliphatic heterocycles. The minimum Gasteiger partial charge on any atom is -0.479 e. The molecule has 1 aromatic heterocycles. The van der Waals surface area contributed by atoms with Crippen LogP contribution in [0.5, 0.6) is 5.75 Å². The minimum absolute atomic E-state index is 0.0868. The van der Waals surface area contributed by atoms with Crippen molar-refractivity contribution >= 4 is 5.97 Å². The number of nitriles is 1. The summed E-state index contributed by atoms with van der Waals surface area (Å²) in [6.07, 6.45) is 1.44. The quantitative estimate of drug-likeness (QED) is 0.724. The average molecular weight is 178 g/mol. The Morgan fingerprint density at radius 1 is 1.77 bits per heavy atom. The van der Waals surface area contributed by atoms with E-state index in [9.17, 15) is 4.79 Å². The number of carbonyl (C=O) groups is 1. The summed E-state index contributed by atoms with van der Waals surface area (Å²) in [7, 11) is 0. The Morgan fingerprint density at radius 2 is 2.54 bits per heavy atom. The maximum Gasteiger partial charge on any atom is 0.341 e. The lowest BCUT2D eigenvalue weighted by Gasteiger charge is -2.02. The molecule has 0 aliphatic rings. The molecule has 0 aromatic carbocycles. The van der Waals surface area contributed by atoms with Crippen molar-refractivity contribution in [3.8, 4) is 11.8 Å². The maximum absolute atomic E-state index is 10.1. The van der Waals surface area contributed by atoms with Gasteiger partial charge in [-0.1, -0.05) is 0 Å². The molecule has 1 N–H and O–H groups in total. The molecule has 1 heterocycles. The van der Waals surface area contributed by atoms with E-state index < -0.39 is 12.6 Å². The van der Waals surface area contributed by atoms with E-state index in [-0.39, 0.29) is 11.4 Å². The Labute approximate surface area is 74.2 Å². The first-order valence-electron chi connectivity index (χ1n) is 3.43. The van der Waals surface area contributed by atoms with Crippen molar-refractivity contribution < 1.29 is 14.6 Å². The number of carboxylic acid groups (broad SMARTS) is 1. The van der Waals surface area contributed by atoms with E-state index in [1.807, 2.05) is 0 Å². The van der Waals surface area contributed by atoms with Crippen molar-refractivity contribution in [2.45, 2.75) is 0 Å². The molecule has 0 amide bonds. The molecule has 5 nitrogen and oxygen atoms in total. The predicted octanol–water partition coefficient (Wildman–Crippen LogP) is 0.417. The van der Waals surface area contributed by atoms with Crippen molar-refractivity contribution in [2.75, 3.05) is 6.61 Å². The lowest BCUT2D eigenvalue weighted by Crippen LogP contribution is -2.10. The van der Waals surface area contributed by atoms with Crippen molar-refractivity contribution in [1.82, 2.24) is 4.98 Å². The zero-order chi connectivity index (χ0) is 9.68. The van der Waals surface area contributed by atoms with Crippen molar-refractivity contribution in [1.29, 1.82) is 5.26 Å². The molecule has 0 saturated heterocycles. The number of aliphatic carboxylic acids is 1. The summed E-state index contributed by atoms with van der Waals surface area (Å²) in [4.78, 5) is 13.8. The third-order valence-corrected chi connectivity index (χ3v) is 1.23. The van der Waals surface area contributed by atoms with Crippen molar-refractivity contribution in [3.05, 3.63) is 24.0 Å². The van der Waals surface area contributed by atoms with Gasteiger partial charge < -0.3 is 9.84 Å². The van der Waals surface area contributed by atoms with Crippen molar-refractivity contribution in [2.24, 2.45) is 0 Å². The Hall–Kier alpha value is -2.09. The van der Waals surface area contributed by atoms with Gasteiger partial charge in [-0.25, -0.2) is 9.78 Å². The molecule has 0 spiro atoms. The molecule has 0 bridgehead atoms. The molecule has 66 valence electrons. The number of carboxylic acids is 1. The van der Waals surface area contributed by atoms with Gasteiger partial charge in [-0.05, 0) is 12.1 Å². The topological polar surface area (TPSA) is 83.2 Å². The third-order valence-electron chi connectivity index (χ3n) is 1.23. The largest absolute Gasteiger partial charge is 0.479 e. The second-order valence-corrected chi connectivity index (χ2v) is 2.14. The Bertz CT molecular complexity index is 357. The highest BCUT2D eigenvalue weighted by Gasteiger charge is 2.04. The normalized spacial score (nSPS) is 8.85. The zero-order valence-electron chi connectivity index (χ0n) is 6.60. The van der Waals surface area contributed by atoms with E-state index in [2.05, 4.69) is 4.98 Å². The van der Waals surface area contributed by atoms with Gasteiger partial charge in [-0.2, -0.15) is 5.26 Å². The number of pyridine rings is 1. The molecule has 0 atom stereocenters. The lowest BCUT2D eigenvalue weighted by atomic mass is 10.3. The molecule has 0 unspecified atom stereocenters. The van der Waals surface area contributed by atoms with E-state index in [1.54, 1.807) is 12.1 Å². The van der Waals surface area contributed by atoms with Crippen LogP contribution in [-0.4, -0.2) is 22.7 Å². The second kappa shape index (κ2) is 4.07. The highest BCUT2D eigenvalue weighted by molar-refractivity contribution is 5.68. The molecule has 5 heteroatoms. The monoisotopic (exact) mass is 178 g/mol. The molecular formula is C8H6N2O3. The molecular weight excluding hydrogens is 172 g/mol. The van der Waals surface area contributed by atoms with Crippen LogP contribution in [0.15, 0.2) is 18.3 Å². The lowest BCUT2D eigenvalue weighted by molar-refractivity contribution is -0.139. The van der Waals surface area contributed by atoms with Crippen molar-refractivity contribution in [3.63, 3.8) is 0 Å². The fraction of sp³-hybridized carbons (Fsp3) is 0.125. The summed E-state index contributed by atoms with van der Waals surface area (Å²) in [5.74, 6) is -0.903. The van der Waals surface area contributed by atoms with Gasteiger partial charge >= 0.3 is 5.97 Å². The van der Waals surface area contributed by atoms with E-state index in [1.165, 1.54) is 12.3 Å². The fourth-order valence-corrected chi connectivity index (χ4v) is 0.730. The minimum atomic E-state index is -1.09. The molecule has 1 aromatic rings. The Balaban J connectivity index is 2.77. The maximum atomic E-state index is 10.1. The number of hydrogen-bond donors (Lipinski definition) is 1. The highest BCUT2D eigenvalue weighted by Crippen LogP contribution is 2.13. The third kappa shape index (κ3) is 2.45. The first kappa shape index (κ1) is 9.00. The summed E-state index contributed by atoms with van der Waals surface area (Å²) in [6, 6.07) is 4.85. The molecule has 13 heavy (non-hydrogen) atoms. The summed E-state index contributed by atoms with van der Waals surface area (Å²) < 4.78 is 4.80. The van der Waals surface area contributed by atoms with Gasteiger partial charge in [-0.15, -0.1) is 0 Å². The van der Waals surface area contributed by atoms with Crippen LogP contribution >= 0.6 is 0 Å². The molecule has 0 aliphatic carbocycles. The molecule has 0 radical (unpaired) electrons. The second-order valence-electron chi connectivity index (χ2n) is 2.14. The Kier molecular flexibility index (Phi) is 2.82. The van der Waals surface area contributed by atoms with E-state index in [4.69, 9.17) is 15.1 Å². The van der Waals surface area contributed by atoms with Gasteiger partial charge in [0.1, 0.15) is 6.07 Å². The first-order valence-corrected chi connectivity index (χ1v) is 3.43. The van der Waals surface area contributed by atoms with Gasteiger partial charge in [0, 0.05) is 6.20 Å². The SMILES string of the molecule is N#Cc1ncccc1OCC(=O)O. The number of aromatic nitrogens is 1. The smallest absolute Gasteiger partial charge is 0.341 e. The van der Waals surface area contributed by atoms with Crippen LogP contribution < -0.4 is 4.74 Å². The van der Waals surface area contributed by atoms with Gasteiger partial charge in [-0.3, -0.25) is 0 Å². The summed E-state index contributed by atoms with van der Waals surface area (Å²) in [6.45, 7) is -0.472. The van der Waals surface area contributed by atoms with Crippen LogP contribution in [0.1, 0.15) is 5.69 Å². The van der Waals surface area contributed by atoms with Gasteiger partial charge in [0.2, 0.25) is 0 Å². The van der Waals surface area contributed by atoms with Gasteiger partial charge in [0.15, 0.2) is 18.1 Å². The standard InChI is InChI=1S/C8H6N2O3/c9-4-6-7(2-1-3-10-6)13-5-8(11)12/h1-3H,5H2,(H,11,12). The number of hydrogen-bond acceptors (Lipinski definition) is 4. The van der Waals surface area contributed by atoms with E-state index in [0.29, 0.717) is 0 Å². The van der Waals surface area contributed by atoms with Crippen LogP contribution in [0, 0.1) is 11.3 Å². The van der Waals surface area contributed by atoms with E-state index in [0.717, 1.165) is 0 Å². The molecule has 0 saturated carbocycles. The molecule has 0 fully saturated rings. The van der Waals surface area contributed by atoms with Crippen LogP contribution in [-0.2, 0) is 4.79 Å². The van der Waals surface area contributed by atoms with E-state index >= 15 is 0 Å². The van der Waals surface area contributed by atoms with Gasteiger partial charge in [0.05, 0.1) is 0 Å². The average Bonchev–Trinajstić information content (AvgIpc) is 2.15. The number of ether oxygens (including phenoxy) is 1.